The van der Waals surface area contributed by atoms with Gasteiger partial charge in [-0.3, -0.25) is 19.3 Å². The SMILES string of the molecule is CC(C)C[C@H](C(=O)O)N1C(=O)[C@H]2[C@@H]3C[C@@H]([C@@H]2C1=O)[C@H]1[C@@H](c2ccccc2)c2sc(=O)[nH]c2S[C@H]31. The molecule has 2 aliphatic carbocycles. The second-order valence-electron chi connectivity index (χ2n) is 10.4. The van der Waals surface area contributed by atoms with Crippen LogP contribution in [0.5, 0.6) is 0 Å². The molecule has 2 aliphatic heterocycles. The number of thiazole rings is 1. The van der Waals surface area contributed by atoms with Crippen molar-refractivity contribution in [2.45, 2.75) is 48.9 Å². The Balaban J connectivity index is 1.42. The average Bonchev–Trinajstić information content (AvgIpc) is 3.51. The van der Waals surface area contributed by atoms with Crippen LogP contribution in [-0.4, -0.2) is 44.1 Å². The Morgan fingerprint density at radius 1 is 1.12 bits per heavy atom. The van der Waals surface area contributed by atoms with Crippen molar-refractivity contribution in [2.24, 2.45) is 35.5 Å². The molecule has 0 spiro atoms. The smallest absolute Gasteiger partial charge is 0.326 e. The fourth-order valence-electron chi connectivity index (χ4n) is 7.14. The second-order valence-corrected chi connectivity index (χ2v) is 12.6. The van der Waals surface area contributed by atoms with Crippen LogP contribution in [0.1, 0.15) is 43.0 Å². The fourth-order valence-corrected chi connectivity index (χ4v) is 10.0. The Morgan fingerprint density at radius 2 is 1.79 bits per heavy atom. The van der Waals surface area contributed by atoms with Gasteiger partial charge in [-0.1, -0.05) is 55.5 Å². The van der Waals surface area contributed by atoms with E-state index in [2.05, 4.69) is 17.1 Å². The van der Waals surface area contributed by atoms with E-state index in [0.717, 1.165) is 26.8 Å². The molecule has 0 unspecified atom stereocenters. The number of nitrogens with one attached hydrogen (secondary N) is 1. The van der Waals surface area contributed by atoms with Crippen molar-refractivity contribution in [1.82, 2.24) is 9.88 Å². The highest BCUT2D eigenvalue weighted by Gasteiger charge is 2.70. The number of carbonyl (C=O) groups is 3. The molecular formula is C25H26N2O5S2. The van der Waals surface area contributed by atoms with Gasteiger partial charge in [-0.25, -0.2) is 4.79 Å². The highest BCUT2D eigenvalue weighted by molar-refractivity contribution is 8.00. The molecule has 3 heterocycles. The van der Waals surface area contributed by atoms with E-state index in [1.54, 1.807) is 11.8 Å². The van der Waals surface area contributed by atoms with Gasteiger partial charge in [-0.15, -0.1) is 11.8 Å². The van der Waals surface area contributed by atoms with Gasteiger partial charge in [-0.05, 0) is 42.1 Å². The van der Waals surface area contributed by atoms with Gasteiger partial charge in [0.05, 0.1) is 16.9 Å². The molecule has 9 heteroatoms. The minimum atomic E-state index is -1.11. The molecule has 4 aliphatic rings. The van der Waals surface area contributed by atoms with E-state index >= 15 is 0 Å². The molecule has 8 atom stereocenters. The summed E-state index contributed by atoms with van der Waals surface area (Å²) in [5, 5.41) is 10.9. The van der Waals surface area contributed by atoms with Crippen LogP contribution in [0.15, 0.2) is 40.2 Å². The summed E-state index contributed by atoms with van der Waals surface area (Å²) in [7, 11) is 0. The molecule has 2 amide bonds. The number of benzene rings is 1. The van der Waals surface area contributed by atoms with E-state index in [9.17, 15) is 24.3 Å². The molecule has 178 valence electrons. The summed E-state index contributed by atoms with van der Waals surface area (Å²) in [6.45, 7) is 3.81. The normalized spacial score (nSPS) is 34.3. The van der Waals surface area contributed by atoms with Gasteiger partial charge in [0.15, 0.2) is 0 Å². The minimum absolute atomic E-state index is 0.00185. The third kappa shape index (κ3) is 3.02. The molecule has 1 saturated heterocycles. The predicted octanol–water partition coefficient (Wildman–Crippen LogP) is 3.41. The molecule has 6 rings (SSSR count). The molecule has 2 saturated carbocycles. The van der Waals surface area contributed by atoms with E-state index in [0.29, 0.717) is 0 Å². The number of hydrogen-bond acceptors (Lipinski definition) is 6. The number of imide groups is 1. The predicted molar refractivity (Wildman–Crippen MR) is 128 cm³/mol. The van der Waals surface area contributed by atoms with E-state index in [1.807, 2.05) is 32.0 Å². The largest absolute Gasteiger partial charge is 0.480 e. The number of aliphatic carboxylic acids is 1. The van der Waals surface area contributed by atoms with Gasteiger partial charge < -0.3 is 10.1 Å². The Kier molecular flexibility index (Phi) is 5.08. The molecular weight excluding hydrogens is 472 g/mol. The van der Waals surface area contributed by atoms with Crippen molar-refractivity contribution in [1.29, 1.82) is 0 Å². The Morgan fingerprint density at radius 3 is 2.44 bits per heavy atom. The highest BCUT2D eigenvalue weighted by atomic mass is 32.2. The van der Waals surface area contributed by atoms with Crippen LogP contribution in [0, 0.1) is 35.5 Å². The van der Waals surface area contributed by atoms with E-state index in [4.69, 9.17) is 0 Å². The summed E-state index contributed by atoms with van der Waals surface area (Å²) in [5.74, 6) is -2.48. The zero-order valence-corrected chi connectivity index (χ0v) is 20.5. The van der Waals surface area contributed by atoms with E-state index in [1.165, 1.54) is 11.3 Å². The molecule has 7 nitrogen and oxygen atoms in total. The molecule has 1 aromatic heterocycles. The molecule has 0 radical (unpaired) electrons. The van der Waals surface area contributed by atoms with Crippen molar-refractivity contribution in [2.75, 3.05) is 0 Å². The number of carboxylic acids is 1. The molecule has 2 aromatic rings. The van der Waals surface area contributed by atoms with Gasteiger partial charge in [-0.2, -0.15) is 0 Å². The van der Waals surface area contributed by atoms with Crippen molar-refractivity contribution in [3.05, 3.63) is 50.4 Å². The van der Waals surface area contributed by atoms with Crippen LogP contribution in [-0.2, 0) is 14.4 Å². The maximum atomic E-state index is 13.7. The number of likely N-dealkylation sites (tertiary alicyclic amines) is 1. The lowest BCUT2D eigenvalue weighted by molar-refractivity contribution is -0.156. The van der Waals surface area contributed by atoms with E-state index in [-0.39, 0.29) is 57.9 Å². The van der Waals surface area contributed by atoms with Gasteiger partial charge in [0.2, 0.25) is 11.8 Å². The molecule has 1 aromatic carbocycles. The number of carboxylic acid groups (broad SMARTS) is 1. The van der Waals surface area contributed by atoms with Gasteiger partial charge in [0, 0.05) is 16.0 Å². The Bertz CT molecular complexity index is 1240. The summed E-state index contributed by atoms with van der Waals surface area (Å²) >= 11 is 2.89. The second kappa shape index (κ2) is 7.81. The fraction of sp³-hybridized carbons (Fsp3) is 0.520. The number of thioether (sulfide) groups is 1. The number of aromatic amines is 1. The number of aromatic nitrogens is 1. The molecule has 34 heavy (non-hydrogen) atoms. The zero-order chi connectivity index (χ0) is 23.9. The van der Waals surface area contributed by atoms with Gasteiger partial charge >= 0.3 is 10.8 Å². The van der Waals surface area contributed by atoms with Crippen LogP contribution in [0.25, 0.3) is 0 Å². The first-order valence-corrected chi connectivity index (χ1v) is 13.5. The third-order valence-electron chi connectivity index (χ3n) is 8.21. The number of carbonyl (C=O) groups excluding carboxylic acids is 2. The van der Waals surface area contributed by atoms with Crippen molar-refractivity contribution >= 4 is 40.9 Å². The lowest BCUT2D eigenvalue weighted by Crippen LogP contribution is -2.47. The summed E-state index contributed by atoms with van der Waals surface area (Å²) in [5.41, 5.74) is 1.12. The number of fused-ring (bicyclic) bond motifs is 9. The lowest BCUT2D eigenvalue weighted by atomic mass is 9.68. The van der Waals surface area contributed by atoms with Crippen LogP contribution in [0.3, 0.4) is 0 Å². The first-order chi connectivity index (χ1) is 16.3. The molecule has 2 N–H and O–H groups in total. The van der Waals surface area contributed by atoms with Crippen LogP contribution in [0.2, 0.25) is 0 Å². The zero-order valence-electron chi connectivity index (χ0n) is 18.8. The van der Waals surface area contributed by atoms with Crippen molar-refractivity contribution in [3.8, 4) is 0 Å². The lowest BCUT2D eigenvalue weighted by Gasteiger charge is -2.43. The Hall–Kier alpha value is -2.39. The summed E-state index contributed by atoms with van der Waals surface area (Å²) in [6.07, 6.45) is 1.06. The summed E-state index contributed by atoms with van der Waals surface area (Å²) < 4.78 is 0. The summed E-state index contributed by atoms with van der Waals surface area (Å²) in [6, 6.07) is 8.99. The first kappa shape index (κ1) is 22.1. The highest BCUT2D eigenvalue weighted by Crippen LogP contribution is 2.68. The maximum Gasteiger partial charge on any atom is 0.326 e. The van der Waals surface area contributed by atoms with Crippen LogP contribution < -0.4 is 4.87 Å². The monoisotopic (exact) mass is 498 g/mol. The number of nitrogens with zero attached hydrogens (tertiary/aromatic N) is 1. The standard InChI is InChI=1S/C25H26N2O5S2/c1-10(2)8-14(24(30)31)27-22(28)17-12-9-13(18(17)23(27)29)19-16(12)15(11-6-4-3-5-7-11)20-21(33-19)26-25(32)34-20/h3-7,10,12-19H,8-9H2,1-2H3,(H,26,32)(H,30,31)/t12-,13+,14-,15-,16+,17+,18+,19-/m1/s1. The van der Waals surface area contributed by atoms with E-state index < -0.39 is 23.8 Å². The van der Waals surface area contributed by atoms with Crippen molar-refractivity contribution < 1.29 is 19.5 Å². The number of amides is 2. The number of H-pyrrole nitrogens is 1. The number of hydrogen-bond donors (Lipinski definition) is 2. The topological polar surface area (TPSA) is 108 Å². The quantitative estimate of drug-likeness (QED) is 0.612. The minimum Gasteiger partial charge on any atom is -0.480 e. The molecule has 3 fully saturated rings. The molecule has 2 bridgehead atoms. The maximum absolute atomic E-state index is 13.7. The van der Waals surface area contributed by atoms with Crippen LogP contribution in [0.4, 0.5) is 0 Å². The summed E-state index contributed by atoms with van der Waals surface area (Å²) in [4.78, 5) is 56.6. The first-order valence-electron chi connectivity index (χ1n) is 11.8. The van der Waals surface area contributed by atoms with Crippen LogP contribution >= 0.6 is 23.1 Å². The van der Waals surface area contributed by atoms with Crippen molar-refractivity contribution in [3.63, 3.8) is 0 Å². The average molecular weight is 499 g/mol. The third-order valence-corrected chi connectivity index (χ3v) is 10.8. The Labute approximate surface area is 204 Å². The van der Waals surface area contributed by atoms with Gasteiger partial charge in [0.1, 0.15) is 6.04 Å². The van der Waals surface area contributed by atoms with Gasteiger partial charge in [0.25, 0.3) is 0 Å². The number of rotatable bonds is 5.